The van der Waals surface area contributed by atoms with E-state index in [2.05, 4.69) is 42.5 Å². The number of rotatable bonds is 7. The molecule has 0 atom stereocenters. The molecule has 178 valence electrons. The summed E-state index contributed by atoms with van der Waals surface area (Å²) in [6.45, 7) is 1.99. The van der Waals surface area contributed by atoms with E-state index in [0.29, 0.717) is 21.5 Å². The molecule has 0 aliphatic carbocycles. The molecule has 0 aromatic heterocycles. The van der Waals surface area contributed by atoms with Crippen molar-refractivity contribution in [3.05, 3.63) is 98.1 Å². The van der Waals surface area contributed by atoms with Crippen molar-refractivity contribution < 1.29 is 19.1 Å². The van der Waals surface area contributed by atoms with Gasteiger partial charge in [0.15, 0.2) is 6.61 Å². The molecule has 4 amide bonds. The monoisotopic (exact) mass is 597 g/mol. The van der Waals surface area contributed by atoms with E-state index < -0.39 is 11.9 Å². The third-order valence-corrected chi connectivity index (χ3v) is 6.33. The van der Waals surface area contributed by atoms with Crippen molar-refractivity contribution in [3.63, 3.8) is 0 Å². The SMILES string of the molecule is Cc1ccc(NC(=O)COc2ccc(/C=C3/NC(=O)N(Cc4ccc(Br)cc4)C3=O)cc2Br)cc1. The lowest BCUT2D eigenvalue weighted by atomic mass is 10.1. The van der Waals surface area contributed by atoms with Crippen molar-refractivity contribution >= 4 is 61.5 Å². The zero-order valence-electron chi connectivity index (χ0n) is 18.7. The molecule has 3 aromatic carbocycles. The lowest BCUT2D eigenvalue weighted by molar-refractivity contribution is -0.123. The smallest absolute Gasteiger partial charge is 0.329 e. The molecule has 0 unspecified atom stereocenters. The molecule has 9 heteroatoms. The molecule has 1 aliphatic heterocycles. The van der Waals surface area contributed by atoms with E-state index in [1.165, 1.54) is 0 Å². The summed E-state index contributed by atoms with van der Waals surface area (Å²) in [6.07, 6.45) is 1.60. The fraction of sp³-hybridized carbons (Fsp3) is 0.115. The van der Waals surface area contributed by atoms with Crippen LogP contribution < -0.4 is 15.4 Å². The number of hydrogen-bond acceptors (Lipinski definition) is 4. The number of benzene rings is 3. The number of ether oxygens (including phenoxy) is 1. The predicted octanol–water partition coefficient (Wildman–Crippen LogP) is 5.63. The Labute approximate surface area is 219 Å². The van der Waals surface area contributed by atoms with Crippen LogP contribution in [0.5, 0.6) is 5.75 Å². The van der Waals surface area contributed by atoms with Crippen LogP contribution in [-0.2, 0) is 16.1 Å². The zero-order valence-corrected chi connectivity index (χ0v) is 21.9. The standard InChI is InChI=1S/C26H21Br2N3O4/c1-16-2-9-20(10-3-16)29-24(32)15-35-23-11-6-18(12-21(23)28)13-22-25(33)31(26(34)30-22)14-17-4-7-19(27)8-5-17/h2-13H,14-15H2,1H3,(H,29,32)(H,30,34)/b22-13+. The van der Waals surface area contributed by atoms with E-state index in [0.717, 1.165) is 20.5 Å². The topological polar surface area (TPSA) is 87.7 Å². The van der Waals surface area contributed by atoms with Crippen LogP contribution in [-0.4, -0.2) is 29.4 Å². The van der Waals surface area contributed by atoms with Gasteiger partial charge in [0.1, 0.15) is 11.4 Å². The first-order valence-electron chi connectivity index (χ1n) is 10.7. The van der Waals surface area contributed by atoms with Gasteiger partial charge in [-0.2, -0.15) is 0 Å². The van der Waals surface area contributed by atoms with Crippen molar-refractivity contribution in [2.75, 3.05) is 11.9 Å². The zero-order chi connectivity index (χ0) is 24.9. The van der Waals surface area contributed by atoms with Crippen molar-refractivity contribution in [2.24, 2.45) is 0 Å². The summed E-state index contributed by atoms with van der Waals surface area (Å²) in [5.41, 5.74) is 3.51. The lowest BCUT2D eigenvalue weighted by Gasteiger charge is -2.11. The van der Waals surface area contributed by atoms with Gasteiger partial charge < -0.3 is 15.4 Å². The third kappa shape index (κ3) is 6.37. The quantitative estimate of drug-likeness (QED) is 0.272. The first kappa shape index (κ1) is 24.7. The molecule has 1 fully saturated rings. The van der Waals surface area contributed by atoms with Crippen molar-refractivity contribution in [1.29, 1.82) is 0 Å². The Hall–Kier alpha value is -3.43. The summed E-state index contributed by atoms with van der Waals surface area (Å²) >= 11 is 6.81. The number of aryl methyl sites for hydroxylation is 1. The second-order valence-corrected chi connectivity index (χ2v) is 9.67. The second kappa shape index (κ2) is 10.9. The molecule has 2 N–H and O–H groups in total. The van der Waals surface area contributed by atoms with Gasteiger partial charge in [0, 0.05) is 10.2 Å². The summed E-state index contributed by atoms with van der Waals surface area (Å²) in [6, 6.07) is 19.6. The fourth-order valence-corrected chi connectivity index (χ4v) is 4.13. The largest absolute Gasteiger partial charge is 0.483 e. The average Bonchev–Trinajstić information content (AvgIpc) is 3.08. The van der Waals surface area contributed by atoms with Crippen molar-refractivity contribution in [3.8, 4) is 5.75 Å². The Kier molecular flexibility index (Phi) is 7.67. The van der Waals surface area contributed by atoms with Crippen LogP contribution in [0.3, 0.4) is 0 Å². The molecule has 7 nitrogen and oxygen atoms in total. The summed E-state index contributed by atoms with van der Waals surface area (Å²) in [5, 5.41) is 5.40. The van der Waals surface area contributed by atoms with Gasteiger partial charge in [0.25, 0.3) is 11.8 Å². The molecular formula is C26H21Br2N3O4. The Morgan fingerprint density at radius 2 is 1.74 bits per heavy atom. The van der Waals surface area contributed by atoms with Gasteiger partial charge in [0.05, 0.1) is 11.0 Å². The van der Waals surface area contributed by atoms with Gasteiger partial charge in [-0.05, 0) is 76.5 Å². The van der Waals surface area contributed by atoms with Crippen molar-refractivity contribution in [2.45, 2.75) is 13.5 Å². The van der Waals surface area contributed by atoms with Gasteiger partial charge in [0.2, 0.25) is 0 Å². The predicted molar refractivity (Wildman–Crippen MR) is 141 cm³/mol. The fourth-order valence-electron chi connectivity index (χ4n) is 3.36. The van der Waals surface area contributed by atoms with Crippen LogP contribution in [0.2, 0.25) is 0 Å². The van der Waals surface area contributed by atoms with Gasteiger partial charge in [-0.25, -0.2) is 4.79 Å². The first-order valence-corrected chi connectivity index (χ1v) is 12.2. The Bertz CT molecular complexity index is 1310. The van der Waals surface area contributed by atoms with E-state index in [1.54, 1.807) is 24.3 Å². The summed E-state index contributed by atoms with van der Waals surface area (Å²) in [5.74, 6) is -0.205. The molecule has 35 heavy (non-hydrogen) atoms. The second-order valence-electron chi connectivity index (χ2n) is 7.90. The maximum absolute atomic E-state index is 12.8. The maximum atomic E-state index is 12.8. The van der Waals surface area contributed by atoms with E-state index in [1.807, 2.05) is 55.5 Å². The molecule has 3 aromatic rings. The number of carbonyl (C=O) groups is 3. The molecule has 0 radical (unpaired) electrons. The molecule has 1 heterocycles. The number of nitrogens with zero attached hydrogens (tertiary/aromatic N) is 1. The molecule has 0 spiro atoms. The van der Waals surface area contributed by atoms with Crippen LogP contribution in [0.15, 0.2) is 81.4 Å². The van der Waals surface area contributed by atoms with E-state index in [9.17, 15) is 14.4 Å². The Morgan fingerprint density at radius 3 is 2.43 bits per heavy atom. The van der Waals surface area contributed by atoms with E-state index >= 15 is 0 Å². The van der Waals surface area contributed by atoms with Crippen molar-refractivity contribution in [1.82, 2.24) is 10.2 Å². The Morgan fingerprint density at radius 1 is 1.03 bits per heavy atom. The number of nitrogens with one attached hydrogen (secondary N) is 2. The lowest BCUT2D eigenvalue weighted by Crippen LogP contribution is -2.30. The normalized spacial score (nSPS) is 14.3. The highest BCUT2D eigenvalue weighted by molar-refractivity contribution is 9.10. The molecular weight excluding hydrogens is 578 g/mol. The van der Waals surface area contributed by atoms with Crippen LogP contribution in [0.25, 0.3) is 6.08 Å². The summed E-state index contributed by atoms with van der Waals surface area (Å²) in [4.78, 5) is 38.5. The van der Waals surface area contributed by atoms with Crippen LogP contribution in [0.1, 0.15) is 16.7 Å². The highest BCUT2D eigenvalue weighted by atomic mass is 79.9. The molecule has 0 saturated carbocycles. The third-order valence-electron chi connectivity index (χ3n) is 5.18. The minimum Gasteiger partial charge on any atom is -0.483 e. The van der Waals surface area contributed by atoms with Gasteiger partial charge in [-0.3, -0.25) is 14.5 Å². The number of carbonyl (C=O) groups excluding carboxylic acids is 3. The van der Waals surface area contributed by atoms with Gasteiger partial charge >= 0.3 is 6.03 Å². The number of imide groups is 1. The number of anilines is 1. The molecule has 1 saturated heterocycles. The number of amides is 4. The van der Waals surface area contributed by atoms with Gasteiger partial charge in [-0.15, -0.1) is 0 Å². The highest BCUT2D eigenvalue weighted by Crippen LogP contribution is 2.28. The number of hydrogen-bond donors (Lipinski definition) is 2. The molecule has 4 rings (SSSR count). The maximum Gasteiger partial charge on any atom is 0.329 e. The first-order chi connectivity index (χ1) is 16.8. The van der Waals surface area contributed by atoms with Crippen LogP contribution in [0, 0.1) is 6.92 Å². The minimum absolute atomic E-state index is 0.160. The van der Waals surface area contributed by atoms with E-state index in [-0.39, 0.29) is 24.8 Å². The Balaban J connectivity index is 1.37. The summed E-state index contributed by atoms with van der Waals surface area (Å²) in [7, 11) is 0. The number of urea groups is 1. The average molecular weight is 599 g/mol. The highest BCUT2D eigenvalue weighted by Gasteiger charge is 2.33. The molecule has 0 bridgehead atoms. The van der Waals surface area contributed by atoms with E-state index in [4.69, 9.17) is 4.74 Å². The number of halogens is 2. The molecule has 1 aliphatic rings. The minimum atomic E-state index is -0.470. The van der Waals surface area contributed by atoms with Crippen LogP contribution >= 0.6 is 31.9 Å². The van der Waals surface area contributed by atoms with Crippen LogP contribution in [0.4, 0.5) is 10.5 Å². The summed E-state index contributed by atoms with van der Waals surface area (Å²) < 4.78 is 7.15. The van der Waals surface area contributed by atoms with Gasteiger partial charge in [-0.1, -0.05) is 51.8 Å².